The lowest BCUT2D eigenvalue weighted by Gasteiger charge is -2.13. The normalized spacial score (nSPS) is 14.3. The number of allylic oxidation sites excluding steroid dienone is 2. The van der Waals surface area contributed by atoms with Crippen molar-refractivity contribution in [2.24, 2.45) is 0 Å². The number of aromatic nitrogens is 4. The second-order valence-electron chi connectivity index (χ2n) is 8.15. The van der Waals surface area contributed by atoms with Crippen molar-refractivity contribution in [3.05, 3.63) is 76.2 Å². The number of pyridine rings is 1. The summed E-state index contributed by atoms with van der Waals surface area (Å²) in [6.45, 7) is 2.71. The maximum Gasteiger partial charge on any atom is 0.261 e. The molecule has 0 atom stereocenters. The first-order chi connectivity index (χ1) is 15.2. The highest BCUT2D eigenvalue weighted by Gasteiger charge is 2.18. The molecule has 0 saturated carbocycles. The summed E-state index contributed by atoms with van der Waals surface area (Å²) in [5, 5.41) is 5.31. The van der Waals surface area contributed by atoms with Crippen LogP contribution >= 0.6 is 0 Å². The van der Waals surface area contributed by atoms with Gasteiger partial charge in [0.2, 0.25) is 0 Å². The van der Waals surface area contributed by atoms with E-state index >= 15 is 0 Å². The average Bonchev–Trinajstić information content (AvgIpc) is 3.19. The highest BCUT2D eigenvalue weighted by atomic mass is 19.1. The minimum absolute atomic E-state index is 0.0415. The number of hydrogen-bond donors (Lipinski definition) is 0. The van der Waals surface area contributed by atoms with E-state index in [2.05, 4.69) is 11.1 Å². The summed E-state index contributed by atoms with van der Waals surface area (Å²) in [5.41, 5.74) is 5.47. The van der Waals surface area contributed by atoms with Crippen molar-refractivity contribution in [1.82, 2.24) is 19.2 Å². The smallest absolute Gasteiger partial charge is 0.261 e. The van der Waals surface area contributed by atoms with E-state index in [1.165, 1.54) is 30.5 Å². The second kappa shape index (κ2) is 8.10. The molecule has 1 aliphatic carbocycles. The molecule has 6 heteroatoms. The van der Waals surface area contributed by atoms with Gasteiger partial charge in [-0.15, -0.1) is 0 Å². The van der Waals surface area contributed by atoms with Crippen molar-refractivity contribution in [1.29, 1.82) is 0 Å². The lowest BCUT2D eigenvalue weighted by Crippen LogP contribution is -2.21. The van der Waals surface area contributed by atoms with Crippen molar-refractivity contribution in [2.45, 2.75) is 52.0 Å². The van der Waals surface area contributed by atoms with Crippen molar-refractivity contribution in [3.63, 3.8) is 0 Å². The fourth-order valence-electron chi connectivity index (χ4n) is 4.49. The number of fused-ring (bicyclic) bond motifs is 3. The maximum atomic E-state index is 13.4. The molecule has 3 aromatic heterocycles. The van der Waals surface area contributed by atoms with Gasteiger partial charge in [-0.3, -0.25) is 4.79 Å². The molecule has 0 amide bonds. The van der Waals surface area contributed by atoms with Crippen LogP contribution in [0.2, 0.25) is 0 Å². The van der Waals surface area contributed by atoms with Crippen LogP contribution in [0.3, 0.4) is 0 Å². The van der Waals surface area contributed by atoms with Gasteiger partial charge >= 0.3 is 0 Å². The third-order valence-corrected chi connectivity index (χ3v) is 6.18. The predicted molar refractivity (Wildman–Crippen MR) is 121 cm³/mol. The molecule has 5 rings (SSSR count). The summed E-state index contributed by atoms with van der Waals surface area (Å²) in [4.78, 5) is 17.7. The Balaban J connectivity index is 1.59. The van der Waals surface area contributed by atoms with Crippen LogP contribution in [0.4, 0.5) is 4.39 Å². The van der Waals surface area contributed by atoms with E-state index in [0.717, 1.165) is 41.6 Å². The van der Waals surface area contributed by atoms with Crippen LogP contribution in [0.1, 0.15) is 44.7 Å². The van der Waals surface area contributed by atoms with Gasteiger partial charge in [-0.2, -0.15) is 5.10 Å². The molecule has 0 N–H and O–H groups in total. The standard InChI is InChI=1S/C25H25FN4O/c1-2-21-23(18-8-10-19(26)11-9-18)24-27-16-20-22(30(24)28-21)13-15-29(25(20)31)14-12-17-6-4-3-5-7-17/h6,8-11,13,15-16H,2-5,7,12,14H2,1H3. The Bertz CT molecular complexity index is 1350. The zero-order valence-electron chi connectivity index (χ0n) is 17.6. The predicted octanol–water partition coefficient (Wildman–Crippen LogP) is 5.30. The number of rotatable bonds is 5. The SMILES string of the molecule is CCc1nn2c(ncc3c(=O)n(CCC4=CCCCC4)ccc32)c1-c1ccc(F)cc1. The summed E-state index contributed by atoms with van der Waals surface area (Å²) in [7, 11) is 0. The monoisotopic (exact) mass is 416 g/mol. The van der Waals surface area contributed by atoms with E-state index in [4.69, 9.17) is 5.10 Å². The topological polar surface area (TPSA) is 52.2 Å². The number of aryl methyl sites for hydroxylation is 2. The van der Waals surface area contributed by atoms with Crippen LogP contribution in [0.25, 0.3) is 27.7 Å². The van der Waals surface area contributed by atoms with Crippen LogP contribution in [0.15, 0.2) is 59.2 Å². The Morgan fingerprint density at radius 2 is 1.97 bits per heavy atom. The van der Waals surface area contributed by atoms with Crippen molar-refractivity contribution in [2.75, 3.05) is 0 Å². The van der Waals surface area contributed by atoms with E-state index in [1.807, 2.05) is 19.2 Å². The molecule has 0 spiro atoms. The van der Waals surface area contributed by atoms with Gasteiger partial charge in [0.1, 0.15) is 5.82 Å². The van der Waals surface area contributed by atoms with Gasteiger partial charge < -0.3 is 4.57 Å². The van der Waals surface area contributed by atoms with Crippen molar-refractivity contribution < 1.29 is 4.39 Å². The molecule has 1 aromatic carbocycles. The summed E-state index contributed by atoms with van der Waals surface area (Å²) >= 11 is 0. The van der Waals surface area contributed by atoms with Crippen LogP contribution in [0.5, 0.6) is 0 Å². The van der Waals surface area contributed by atoms with E-state index in [9.17, 15) is 9.18 Å². The second-order valence-corrected chi connectivity index (χ2v) is 8.15. The van der Waals surface area contributed by atoms with Gasteiger partial charge in [-0.05, 0) is 62.3 Å². The molecule has 0 fully saturated rings. The summed E-state index contributed by atoms with van der Waals surface area (Å²) < 4.78 is 16.9. The van der Waals surface area contributed by atoms with Gasteiger partial charge in [0.05, 0.1) is 16.6 Å². The Hall–Kier alpha value is -3.28. The fraction of sp³-hybridized carbons (Fsp3) is 0.320. The lowest BCUT2D eigenvalue weighted by molar-refractivity contribution is 0.616. The molecular formula is C25H25FN4O. The molecule has 31 heavy (non-hydrogen) atoms. The molecule has 3 heterocycles. The van der Waals surface area contributed by atoms with Gasteiger partial charge in [-0.25, -0.2) is 13.9 Å². The molecule has 0 bridgehead atoms. The van der Waals surface area contributed by atoms with Gasteiger partial charge in [0.15, 0.2) is 5.65 Å². The van der Waals surface area contributed by atoms with Gasteiger partial charge in [-0.1, -0.05) is 30.7 Å². The van der Waals surface area contributed by atoms with Gasteiger partial charge in [0, 0.05) is 24.5 Å². The fourth-order valence-corrected chi connectivity index (χ4v) is 4.49. The largest absolute Gasteiger partial charge is 0.315 e. The zero-order valence-corrected chi connectivity index (χ0v) is 17.6. The van der Waals surface area contributed by atoms with Crippen LogP contribution in [-0.2, 0) is 13.0 Å². The average molecular weight is 417 g/mol. The Morgan fingerprint density at radius 3 is 2.71 bits per heavy atom. The minimum Gasteiger partial charge on any atom is -0.315 e. The molecular weight excluding hydrogens is 391 g/mol. The quantitative estimate of drug-likeness (QED) is 0.415. The minimum atomic E-state index is -0.277. The molecule has 4 aromatic rings. The zero-order chi connectivity index (χ0) is 21.4. The first-order valence-electron chi connectivity index (χ1n) is 11.0. The van der Waals surface area contributed by atoms with E-state index in [0.29, 0.717) is 24.0 Å². The number of nitrogens with zero attached hydrogens (tertiary/aromatic N) is 4. The maximum absolute atomic E-state index is 13.4. The van der Waals surface area contributed by atoms with Crippen LogP contribution in [0, 0.1) is 5.82 Å². The van der Waals surface area contributed by atoms with Crippen molar-refractivity contribution in [3.8, 4) is 11.1 Å². The van der Waals surface area contributed by atoms with E-state index in [-0.39, 0.29) is 11.4 Å². The van der Waals surface area contributed by atoms with E-state index < -0.39 is 0 Å². The number of benzene rings is 1. The molecule has 5 nitrogen and oxygen atoms in total. The molecule has 0 radical (unpaired) electrons. The lowest BCUT2D eigenvalue weighted by atomic mass is 9.97. The summed E-state index contributed by atoms with van der Waals surface area (Å²) in [6, 6.07) is 8.33. The van der Waals surface area contributed by atoms with E-state index in [1.54, 1.807) is 27.4 Å². The third-order valence-electron chi connectivity index (χ3n) is 6.18. The number of hydrogen-bond acceptors (Lipinski definition) is 3. The van der Waals surface area contributed by atoms with Crippen molar-refractivity contribution >= 4 is 16.6 Å². The molecule has 1 aliphatic rings. The first-order valence-corrected chi connectivity index (χ1v) is 11.0. The van der Waals surface area contributed by atoms with Crippen LogP contribution < -0.4 is 5.56 Å². The molecule has 0 aliphatic heterocycles. The summed E-state index contributed by atoms with van der Waals surface area (Å²) in [6.07, 6.45) is 12.3. The Morgan fingerprint density at radius 1 is 1.13 bits per heavy atom. The highest BCUT2D eigenvalue weighted by Crippen LogP contribution is 2.29. The molecule has 0 saturated heterocycles. The molecule has 158 valence electrons. The summed E-state index contributed by atoms with van der Waals surface area (Å²) in [5.74, 6) is -0.277. The third kappa shape index (κ3) is 3.56. The van der Waals surface area contributed by atoms with Gasteiger partial charge in [0.25, 0.3) is 5.56 Å². The first kappa shape index (κ1) is 19.7. The highest BCUT2D eigenvalue weighted by molar-refractivity contribution is 5.86. The number of halogens is 1. The Labute approximate surface area is 179 Å². The molecule has 0 unspecified atom stereocenters. The Kier molecular flexibility index (Phi) is 5.14. The van der Waals surface area contributed by atoms with Crippen LogP contribution in [-0.4, -0.2) is 19.2 Å².